The van der Waals surface area contributed by atoms with Crippen molar-refractivity contribution in [2.24, 2.45) is 0 Å². The Morgan fingerprint density at radius 3 is 2.32 bits per heavy atom. The summed E-state index contributed by atoms with van der Waals surface area (Å²) in [6.45, 7) is 4.64. The SMILES string of the molecule is CCNC(=O)N1CCN(C(=O)c2ccccc2OCc2ccc(F)cc2)CC1. The van der Waals surface area contributed by atoms with Crippen molar-refractivity contribution in [3.05, 3.63) is 65.5 Å². The predicted octanol–water partition coefficient (Wildman–Crippen LogP) is 2.89. The van der Waals surface area contributed by atoms with Crippen LogP contribution in [-0.2, 0) is 6.61 Å². The molecule has 0 atom stereocenters. The molecule has 148 valence electrons. The second-order valence-electron chi connectivity index (χ2n) is 6.53. The van der Waals surface area contributed by atoms with Gasteiger partial charge in [-0.3, -0.25) is 4.79 Å². The van der Waals surface area contributed by atoms with E-state index in [-0.39, 0.29) is 24.4 Å². The van der Waals surface area contributed by atoms with Crippen molar-refractivity contribution in [3.63, 3.8) is 0 Å². The maximum absolute atomic E-state index is 13.0. The molecular weight excluding hydrogens is 361 g/mol. The van der Waals surface area contributed by atoms with Crippen LogP contribution in [0.5, 0.6) is 5.75 Å². The van der Waals surface area contributed by atoms with Gasteiger partial charge in [-0.1, -0.05) is 24.3 Å². The molecule has 7 heteroatoms. The Morgan fingerprint density at radius 1 is 1.00 bits per heavy atom. The molecule has 1 N–H and O–H groups in total. The number of amides is 3. The van der Waals surface area contributed by atoms with Crippen LogP contribution >= 0.6 is 0 Å². The van der Waals surface area contributed by atoms with Crippen molar-refractivity contribution < 1.29 is 18.7 Å². The van der Waals surface area contributed by atoms with Gasteiger partial charge in [0, 0.05) is 32.7 Å². The highest BCUT2D eigenvalue weighted by Gasteiger charge is 2.26. The monoisotopic (exact) mass is 385 g/mol. The van der Waals surface area contributed by atoms with Gasteiger partial charge in [0.1, 0.15) is 18.2 Å². The molecule has 0 spiro atoms. The number of hydrogen-bond acceptors (Lipinski definition) is 3. The highest BCUT2D eigenvalue weighted by molar-refractivity contribution is 5.97. The maximum Gasteiger partial charge on any atom is 0.317 e. The minimum absolute atomic E-state index is 0.0994. The molecule has 1 fully saturated rings. The molecule has 2 aromatic rings. The Morgan fingerprint density at radius 2 is 1.64 bits per heavy atom. The zero-order chi connectivity index (χ0) is 19.9. The standard InChI is InChI=1S/C21H24FN3O3/c1-2-23-21(27)25-13-11-24(12-14-25)20(26)18-5-3-4-6-19(18)28-15-16-7-9-17(22)10-8-16/h3-10H,2,11-15H2,1H3,(H,23,27). The number of hydrogen-bond donors (Lipinski definition) is 1. The number of rotatable bonds is 5. The Hall–Kier alpha value is -3.09. The van der Waals surface area contributed by atoms with Gasteiger partial charge in [0.05, 0.1) is 5.56 Å². The Labute approximate surface area is 163 Å². The molecule has 0 radical (unpaired) electrons. The minimum Gasteiger partial charge on any atom is -0.488 e. The van der Waals surface area contributed by atoms with Gasteiger partial charge >= 0.3 is 6.03 Å². The van der Waals surface area contributed by atoms with E-state index in [0.29, 0.717) is 44.0 Å². The molecule has 3 rings (SSSR count). The van der Waals surface area contributed by atoms with Crippen molar-refractivity contribution in [2.75, 3.05) is 32.7 Å². The van der Waals surface area contributed by atoms with E-state index < -0.39 is 0 Å². The summed E-state index contributed by atoms with van der Waals surface area (Å²) in [5.41, 5.74) is 1.30. The lowest BCUT2D eigenvalue weighted by Crippen LogP contribution is -2.53. The molecule has 0 bridgehead atoms. The number of para-hydroxylation sites is 1. The number of urea groups is 1. The first kappa shape index (κ1) is 19.7. The number of halogens is 1. The molecule has 1 saturated heterocycles. The maximum atomic E-state index is 13.0. The zero-order valence-electron chi connectivity index (χ0n) is 15.9. The Kier molecular flexibility index (Phi) is 6.47. The quantitative estimate of drug-likeness (QED) is 0.861. The third-order valence-electron chi connectivity index (χ3n) is 4.61. The van der Waals surface area contributed by atoms with Crippen LogP contribution < -0.4 is 10.1 Å². The first-order chi connectivity index (χ1) is 13.6. The largest absolute Gasteiger partial charge is 0.488 e. The fourth-order valence-corrected chi connectivity index (χ4v) is 3.06. The summed E-state index contributed by atoms with van der Waals surface area (Å²) in [6, 6.07) is 13.1. The van der Waals surface area contributed by atoms with Gasteiger partial charge in [-0.15, -0.1) is 0 Å². The first-order valence-corrected chi connectivity index (χ1v) is 9.37. The molecule has 1 heterocycles. The van der Waals surface area contributed by atoms with Crippen molar-refractivity contribution >= 4 is 11.9 Å². The lowest BCUT2D eigenvalue weighted by atomic mass is 10.1. The number of nitrogens with zero attached hydrogens (tertiary/aromatic N) is 2. The highest BCUT2D eigenvalue weighted by atomic mass is 19.1. The molecule has 1 aliphatic heterocycles. The van der Waals surface area contributed by atoms with Crippen LogP contribution in [0.25, 0.3) is 0 Å². The van der Waals surface area contributed by atoms with E-state index >= 15 is 0 Å². The second-order valence-corrected chi connectivity index (χ2v) is 6.53. The Bertz CT molecular complexity index is 818. The van der Waals surface area contributed by atoms with Gasteiger partial charge in [-0.05, 0) is 36.8 Å². The smallest absolute Gasteiger partial charge is 0.317 e. The van der Waals surface area contributed by atoms with Crippen LogP contribution in [0.4, 0.5) is 9.18 Å². The summed E-state index contributed by atoms with van der Waals surface area (Å²) in [4.78, 5) is 28.3. The lowest BCUT2D eigenvalue weighted by molar-refractivity contribution is 0.0660. The summed E-state index contributed by atoms with van der Waals surface area (Å²) >= 11 is 0. The number of ether oxygens (including phenoxy) is 1. The average molecular weight is 385 g/mol. The van der Waals surface area contributed by atoms with Gasteiger partial charge in [-0.25, -0.2) is 9.18 Å². The van der Waals surface area contributed by atoms with Crippen molar-refractivity contribution in [3.8, 4) is 5.75 Å². The van der Waals surface area contributed by atoms with E-state index in [1.807, 2.05) is 13.0 Å². The first-order valence-electron chi connectivity index (χ1n) is 9.37. The fraction of sp³-hybridized carbons (Fsp3) is 0.333. The van der Waals surface area contributed by atoms with Gasteiger partial charge in [0.15, 0.2) is 0 Å². The lowest BCUT2D eigenvalue weighted by Gasteiger charge is -2.34. The van der Waals surface area contributed by atoms with E-state index in [2.05, 4.69) is 5.32 Å². The minimum atomic E-state index is -0.300. The van der Waals surface area contributed by atoms with Crippen molar-refractivity contribution in [1.29, 1.82) is 0 Å². The molecule has 0 aromatic heterocycles. The molecule has 2 aromatic carbocycles. The van der Waals surface area contributed by atoms with Crippen LogP contribution in [0.3, 0.4) is 0 Å². The molecule has 3 amide bonds. The van der Waals surface area contributed by atoms with E-state index in [4.69, 9.17) is 4.74 Å². The summed E-state index contributed by atoms with van der Waals surface area (Å²) in [5, 5.41) is 2.78. The summed E-state index contributed by atoms with van der Waals surface area (Å²) in [5.74, 6) is 0.0688. The number of nitrogens with one attached hydrogen (secondary N) is 1. The summed E-state index contributed by atoms with van der Waals surface area (Å²) < 4.78 is 18.8. The third kappa shape index (κ3) is 4.79. The number of piperazine rings is 1. The fourth-order valence-electron chi connectivity index (χ4n) is 3.06. The molecule has 0 saturated carbocycles. The van der Waals surface area contributed by atoms with Gasteiger partial charge in [0.2, 0.25) is 0 Å². The second kappa shape index (κ2) is 9.21. The normalized spacial score (nSPS) is 13.9. The molecule has 28 heavy (non-hydrogen) atoms. The number of benzene rings is 2. The molecule has 1 aliphatic rings. The number of carbonyl (C=O) groups excluding carboxylic acids is 2. The van der Waals surface area contributed by atoms with E-state index in [9.17, 15) is 14.0 Å². The van der Waals surface area contributed by atoms with Crippen LogP contribution in [0, 0.1) is 5.82 Å². The van der Waals surface area contributed by atoms with Crippen molar-refractivity contribution in [2.45, 2.75) is 13.5 Å². The number of carbonyl (C=O) groups is 2. The van der Waals surface area contributed by atoms with Gasteiger partial charge in [-0.2, -0.15) is 0 Å². The van der Waals surface area contributed by atoms with Crippen LogP contribution in [-0.4, -0.2) is 54.5 Å². The topological polar surface area (TPSA) is 61.9 Å². The van der Waals surface area contributed by atoms with E-state index in [0.717, 1.165) is 5.56 Å². The highest BCUT2D eigenvalue weighted by Crippen LogP contribution is 2.22. The van der Waals surface area contributed by atoms with Crippen molar-refractivity contribution in [1.82, 2.24) is 15.1 Å². The zero-order valence-corrected chi connectivity index (χ0v) is 15.9. The van der Waals surface area contributed by atoms with Gasteiger partial charge < -0.3 is 19.9 Å². The average Bonchev–Trinajstić information content (AvgIpc) is 2.73. The predicted molar refractivity (Wildman–Crippen MR) is 104 cm³/mol. The van der Waals surface area contributed by atoms with E-state index in [1.54, 1.807) is 40.1 Å². The summed E-state index contributed by atoms with van der Waals surface area (Å²) in [6.07, 6.45) is 0. The molecule has 0 aliphatic carbocycles. The Balaban J connectivity index is 1.63. The van der Waals surface area contributed by atoms with Crippen LogP contribution in [0.2, 0.25) is 0 Å². The van der Waals surface area contributed by atoms with Crippen LogP contribution in [0.15, 0.2) is 48.5 Å². The third-order valence-corrected chi connectivity index (χ3v) is 4.61. The van der Waals surface area contributed by atoms with Crippen LogP contribution in [0.1, 0.15) is 22.8 Å². The molecule has 6 nitrogen and oxygen atoms in total. The molecular formula is C21H24FN3O3. The van der Waals surface area contributed by atoms with E-state index in [1.165, 1.54) is 12.1 Å². The molecule has 0 unspecified atom stereocenters. The summed E-state index contributed by atoms with van der Waals surface area (Å²) in [7, 11) is 0. The van der Waals surface area contributed by atoms with Gasteiger partial charge in [0.25, 0.3) is 5.91 Å².